The van der Waals surface area contributed by atoms with Gasteiger partial charge in [-0.05, 0) is 57.3 Å². The van der Waals surface area contributed by atoms with Crippen LogP contribution in [0.1, 0.15) is 32.4 Å². The molecule has 0 aromatic carbocycles. The van der Waals surface area contributed by atoms with Gasteiger partial charge < -0.3 is 19.2 Å². The Kier molecular flexibility index (Phi) is 5.34. The van der Waals surface area contributed by atoms with E-state index in [-0.39, 0.29) is 0 Å². The molecule has 0 unspecified atom stereocenters. The standard InChI is InChI=1S/C20H28ClN3O3/c1-20(2,25)14-3-5-23(6-4-14)13-15-11-17-16(12-18(21)27-17)19(22-15)24-7-9-26-10-8-24/h11-12,14,25H,3-10,13H2,1-2H3. The van der Waals surface area contributed by atoms with Gasteiger partial charge in [0, 0.05) is 31.8 Å². The summed E-state index contributed by atoms with van der Waals surface area (Å²) in [6.07, 6.45) is 2.02. The van der Waals surface area contributed by atoms with E-state index >= 15 is 0 Å². The molecule has 4 rings (SSSR count). The van der Waals surface area contributed by atoms with Gasteiger partial charge in [0.15, 0.2) is 5.22 Å². The minimum Gasteiger partial charge on any atom is -0.444 e. The number of anilines is 1. The third-order valence-electron chi connectivity index (χ3n) is 5.80. The molecule has 0 spiro atoms. The molecule has 0 amide bonds. The topological polar surface area (TPSA) is 62.0 Å². The first kappa shape index (κ1) is 19.0. The molecule has 0 radical (unpaired) electrons. The minimum absolute atomic E-state index is 0.358. The van der Waals surface area contributed by atoms with Gasteiger partial charge in [0.1, 0.15) is 11.4 Å². The Hall–Kier alpha value is -1.34. The summed E-state index contributed by atoms with van der Waals surface area (Å²) in [5.74, 6) is 1.30. The number of aliphatic hydroxyl groups is 1. The van der Waals surface area contributed by atoms with Crippen molar-refractivity contribution >= 4 is 28.4 Å². The van der Waals surface area contributed by atoms with Crippen molar-refractivity contribution in [2.45, 2.75) is 38.8 Å². The first-order chi connectivity index (χ1) is 12.9. The van der Waals surface area contributed by atoms with E-state index in [1.54, 1.807) is 0 Å². The highest BCUT2D eigenvalue weighted by Gasteiger charge is 2.30. The van der Waals surface area contributed by atoms with E-state index in [9.17, 15) is 5.11 Å². The fourth-order valence-corrected chi connectivity index (χ4v) is 4.35. The van der Waals surface area contributed by atoms with E-state index in [2.05, 4.69) is 9.80 Å². The number of nitrogens with zero attached hydrogens (tertiary/aromatic N) is 3. The van der Waals surface area contributed by atoms with E-state index in [4.69, 9.17) is 25.7 Å². The average molecular weight is 394 g/mol. The number of pyridine rings is 1. The monoisotopic (exact) mass is 393 g/mol. The predicted octanol–water partition coefficient (Wildman–Crippen LogP) is 3.30. The quantitative estimate of drug-likeness (QED) is 0.859. The number of morpholine rings is 1. The van der Waals surface area contributed by atoms with Crippen molar-refractivity contribution in [1.29, 1.82) is 0 Å². The van der Waals surface area contributed by atoms with Crippen molar-refractivity contribution in [2.75, 3.05) is 44.3 Å². The van der Waals surface area contributed by atoms with Crippen LogP contribution < -0.4 is 4.90 Å². The fourth-order valence-electron chi connectivity index (χ4n) is 4.16. The first-order valence-electron chi connectivity index (χ1n) is 9.76. The van der Waals surface area contributed by atoms with Crippen LogP contribution in [0, 0.1) is 5.92 Å². The van der Waals surface area contributed by atoms with Gasteiger partial charge in [-0.3, -0.25) is 4.90 Å². The van der Waals surface area contributed by atoms with Crippen molar-refractivity contribution in [1.82, 2.24) is 9.88 Å². The molecule has 6 nitrogen and oxygen atoms in total. The Morgan fingerprint density at radius 2 is 1.89 bits per heavy atom. The zero-order chi connectivity index (χ0) is 19.0. The van der Waals surface area contributed by atoms with Crippen molar-refractivity contribution in [3.8, 4) is 0 Å². The predicted molar refractivity (Wildman–Crippen MR) is 106 cm³/mol. The number of fused-ring (bicyclic) bond motifs is 1. The molecular formula is C20H28ClN3O3. The molecule has 2 aliphatic heterocycles. The summed E-state index contributed by atoms with van der Waals surface area (Å²) in [7, 11) is 0. The molecule has 27 heavy (non-hydrogen) atoms. The normalized spacial score (nSPS) is 20.5. The summed E-state index contributed by atoms with van der Waals surface area (Å²) in [5.41, 5.74) is 1.19. The molecule has 4 heterocycles. The zero-order valence-electron chi connectivity index (χ0n) is 16.1. The number of hydrogen-bond donors (Lipinski definition) is 1. The molecule has 0 aliphatic carbocycles. The number of furan rings is 1. The summed E-state index contributed by atoms with van der Waals surface area (Å²) in [5, 5.41) is 11.6. The summed E-state index contributed by atoms with van der Waals surface area (Å²) in [4.78, 5) is 9.62. The highest BCUT2D eigenvalue weighted by molar-refractivity contribution is 6.30. The van der Waals surface area contributed by atoms with Gasteiger partial charge in [-0.25, -0.2) is 4.98 Å². The van der Waals surface area contributed by atoms with E-state index in [0.29, 0.717) is 24.4 Å². The maximum atomic E-state index is 10.2. The second-order valence-corrected chi connectivity index (χ2v) is 8.58. The molecule has 2 aliphatic rings. The summed E-state index contributed by atoms with van der Waals surface area (Å²) in [6, 6.07) is 3.86. The van der Waals surface area contributed by atoms with Crippen LogP contribution in [0.4, 0.5) is 5.82 Å². The second-order valence-electron chi connectivity index (χ2n) is 8.20. The van der Waals surface area contributed by atoms with E-state index in [1.165, 1.54) is 0 Å². The van der Waals surface area contributed by atoms with Crippen molar-refractivity contribution in [3.63, 3.8) is 0 Å². The van der Waals surface area contributed by atoms with E-state index in [1.807, 2.05) is 26.0 Å². The van der Waals surface area contributed by atoms with Crippen molar-refractivity contribution < 1.29 is 14.3 Å². The number of likely N-dealkylation sites (tertiary alicyclic amines) is 1. The third kappa shape index (κ3) is 4.24. The lowest BCUT2D eigenvalue weighted by atomic mass is 9.83. The third-order valence-corrected chi connectivity index (χ3v) is 5.99. The SMILES string of the molecule is CC(C)(O)C1CCN(Cc2cc3oc(Cl)cc3c(N3CCOCC3)n2)CC1. The Balaban J connectivity index is 1.54. The van der Waals surface area contributed by atoms with Crippen LogP contribution in [0.25, 0.3) is 11.0 Å². The molecule has 7 heteroatoms. The molecule has 2 aromatic heterocycles. The van der Waals surface area contributed by atoms with Crippen LogP contribution in [0.2, 0.25) is 5.22 Å². The Morgan fingerprint density at radius 1 is 1.19 bits per heavy atom. The lowest BCUT2D eigenvalue weighted by molar-refractivity contribution is -0.0137. The van der Waals surface area contributed by atoms with Crippen LogP contribution in [0.15, 0.2) is 16.5 Å². The molecular weight excluding hydrogens is 366 g/mol. The molecule has 0 saturated carbocycles. The number of piperidine rings is 1. The van der Waals surface area contributed by atoms with Crippen LogP contribution in [-0.4, -0.2) is 60.0 Å². The van der Waals surface area contributed by atoms with E-state index < -0.39 is 5.60 Å². The van der Waals surface area contributed by atoms with Gasteiger partial charge in [0.2, 0.25) is 0 Å². The van der Waals surface area contributed by atoms with E-state index in [0.717, 1.165) is 68.0 Å². The molecule has 2 saturated heterocycles. The highest BCUT2D eigenvalue weighted by atomic mass is 35.5. The Bertz CT molecular complexity index is 788. The zero-order valence-corrected chi connectivity index (χ0v) is 16.8. The smallest absolute Gasteiger partial charge is 0.194 e. The first-order valence-corrected chi connectivity index (χ1v) is 10.1. The number of hydrogen-bond acceptors (Lipinski definition) is 6. The summed E-state index contributed by atoms with van der Waals surface area (Å²) in [6.45, 7) is 9.63. The lowest BCUT2D eigenvalue weighted by Crippen LogP contribution is -2.41. The van der Waals surface area contributed by atoms with Crippen LogP contribution in [0.5, 0.6) is 0 Å². The lowest BCUT2D eigenvalue weighted by Gasteiger charge is -2.37. The Morgan fingerprint density at radius 3 is 2.56 bits per heavy atom. The number of ether oxygens (including phenoxy) is 1. The number of aromatic nitrogens is 1. The Labute approximate surface area is 165 Å². The molecule has 2 fully saturated rings. The molecule has 2 aromatic rings. The van der Waals surface area contributed by atoms with Crippen molar-refractivity contribution in [2.24, 2.45) is 5.92 Å². The summed E-state index contributed by atoms with van der Waals surface area (Å²) < 4.78 is 11.2. The molecule has 1 N–H and O–H groups in total. The average Bonchev–Trinajstić information content (AvgIpc) is 3.01. The van der Waals surface area contributed by atoms with Gasteiger partial charge in [0.05, 0.1) is 29.9 Å². The van der Waals surface area contributed by atoms with Gasteiger partial charge in [0.25, 0.3) is 0 Å². The second kappa shape index (κ2) is 7.59. The number of rotatable bonds is 4. The molecule has 148 valence electrons. The van der Waals surface area contributed by atoms with Crippen molar-refractivity contribution in [3.05, 3.63) is 23.0 Å². The van der Waals surface area contributed by atoms with Gasteiger partial charge in [-0.1, -0.05) is 0 Å². The van der Waals surface area contributed by atoms with Crippen LogP contribution in [0.3, 0.4) is 0 Å². The minimum atomic E-state index is -0.600. The van der Waals surface area contributed by atoms with Crippen LogP contribution >= 0.6 is 11.6 Å². The molecule has 0 bridgehead atoms. The van der Waals surface area contributed by atoms with Gasteiger partial charge in [-0.15, -0.1) is 0 Å². The fraction of sp³-hybridized carbons (Fsp3) is 0.650. The maximum absolute atomic E-state index is 10.2. The van der Waals surface area contributed by atoms with Crippen LogP contribution in [-0.2, 0) is 11.3 Å². The van der Waals surface area contributed by atoms with Gasteiger partial charge >= 0.3 is 0 Å². The number of halogens is 1. The largest absolute Gasteiger partial charge is 0.444 e. The maximum Gasteiger partial charge on any atom is 0.194 e. The molecule has 0 atom stereocenters. The summed E-state index contributed by atoms with van der Waals surface area (Å²) >= 11 is 6.13. The van der Waals surface area contributed by atoms with Gasteiger partial charge in [-0.2, -0.15) is 0 Å². The highest BCUT2D eigenvalue weighted by Crippen LogP contribution is 2.33.